The molecule has 0 aliphatic rings. The zero-order valence-corrected chi connectivity index (χ0v) is 29.4. The van der Waals surface area contributed by atoms with Gasteiger partial charge < -0.3 is 29.1 Å². The smallest absolute Gasteiger partial charge is 0.387 e. The van der Waals surface area contributed by atoms with Crippen molar-refractivity contribution in [2.45, 2.75) is 53.4 Å². The molecular weight excluding hydrogens is 694 g/mol. The number of aryl methyl sites for hydroxylation is 4. The second-order valence-corrected chi connectivity index (χ2v) is 12.8. The zero-order valence-electron chi connectivity index (χ0n) is 28.6. The fourth-order valence-corrected chi connectivity index (χ4v) is 6.31. The van der Waals surface area contributed by atoms with Crippen LogP contribution in [0, 0.1) is 19.8 Å². The molecule has 0 aliphatic heterocycles. The molecule has 0 fully saturated rings. The van der Waals surface area contributed by atoms with Gasteiger partial charge in [0, 0.05) is 60.1 Å². The standard InChI is InChI=1S/C21H25F2N3O3.C15H11ClF2N2O2/c1-11(2)7-13(24)10-28-17-9-16-15(8-18(17)29-21(22)23)14-5-6-25-12(3)19(14)20(27)26(16)4;1-7-13-8(3-4-19-7)9-5-12(22-15(17)18)10(16)6-11(9)20(2)14(13)21/h5-6,8-9,11,13,21H,7,10,24H2,1-4H3;3-6,15H,1-2H3/t13-;/m0./s1. The summed E-state index contributed by atoms with van der Waals surface area (Å²) in [7, 11) is 3.22. The Morgan fingerprint density at radius 1 is 0.745 bits per heavy atom. The molecule has 51 heavy (non-hydrogen) atoms. The van der Waals surface area contributed by atoms with E-state index in [-0.39, 0.29) is 46.0 Å². The number of hydrogen-bond acceptors (Lipinski definition) is 8. The van der Waals surface area contributed by atoms with Crippen LogP contribution in [0.25, 0.3) is 43.4 Å². The van der Waals surface area contributed by atoms with Gasteiger partial charge in [-0.05, 0) is 56.5 Å². The number of halogens is 5. The van der Waals surface area contributed by atoms with Gasteiger partial charge in [-0.25, -0.2) is 0 Å². The van der Waals surface area contributed by atoms with Gasteiger partial charge in [0.25, 0.3) is 11.1 Å². The minimum Gasteiger partial charge on any atom is -0.488 e. The van der Waals surface area contributed by atoms with Gasteiger partial charge in [0.05, 0.1) is 38.2 Å². The number of rotatable bonds is 9. The van der Waals surface area contributed by atoms with E-state index in [0.29, 0.717) is 60.7 Å². The van der Waals surface area contributed by atoms with Gasteiger partial charge in [0.2, 0.25) is 0 Å². The number of fused-ring (bicyclic) bond motifs is 6. The predicted octanol–water partition coefficient (Wildman–Crippen LogP) is 7.40. The van der Waals surface area contributed by atoms with Gasteiger partial charge in [0.15, 0.2) is 11.5 Å². The highest BCUT2D eigenvalue weighted by atomic mass is 35.5. The van der Waals surface area contributed by atoms with E-state index in [1.165, 1.54) is 27.3 Å². The van der Waals surface area contributed by atoms with E-state index in [1.54, 1.807) is 58.5 Å². The number of pyridine rings is 4. The molecule has 6 aromatic rings. The Morgan fingerprint density at radius 3 is 1.71 bits per heavy atom. The van der Waals surface area contributed by atoms with Crippen molar-refractivity contribution in [1.82, 2.24) is 19.1 Å². The Morgan fingerprint density at radius 2 is 1.22 bits per heavy atom. The van der Waals surface area contributed by atoms with Gasteiger partial charge in [-0.15, -0.1) is 0 Å². The third kappa shape index (κ3) is 7.71. The van der Waals surface area contributed by atoms with Crippen molar-refractivity contribution < 1.29 is 31.8 Å². The first-order valence-electron chi connectivity index (χ1n) is 15.9. The summed E-state index contributed by atoms with van der Waals surface area (Å²) in [5.41, 5.74) is 7.85. The normalized spacial score (nSPS) is 12.3. The summed E-state index contributed by atoms with van der Waals surface area (Å²) in [5, 5.41) is 3.36. The molecular formula is C36H36ClF4N5O5. The van der Waals surface area contributed by atoms with E-state index < -0.39 is 13.2 Å². The van der Waals surface area contributed by atoms with Crippen LogP contribution >= 0.6 is 11.6 Å². The SMILES string of the molecule is Cc1nccc2c1c(=O)n(C)c1cc(Cl)c(OC(F)F)cc21.Cc1nccc2c1c(=O)n(C)c1cc(OC[C@@H](N)CC(C)C)c(OC(F)F)cc21. The van der Waals surface area contributed by atoms with Crippen molar-refractivity contribution in [3.8, 4) is 17.2 Å². The maximum absolute atomic E-state index is 13.0. The number of benzene rings is 2. The molecule has 2 N–H and O–H groups in total. The summed E-state index contributed by atoms with van der Waals surface area (Å²) in [4.78, 5) is 33.6. The third-order valence-electron chi connectivity index (χ3n) is 8.39. The molecule has 1 atom stereocenters. The minimum absolute atomic E-state index is 0.0212. The van der Waals surface area contributed by atoms with E-state index in [1.807, 2.05) is 13.8 Å². The lowest BCUT2D eigenvalue weighted by Gasteiger charge is -2.19. The molecule has 0 unspecified atom stereocenters. The zero-order chi connectivity index (χ0) is 37.3. The van der Waals surface area contributed by atoms with Gasteiger partial charge >= 0.3 is 13.2 Å². The average molecular weight is 730 g/mol. The third-order valence-corrected chi connectivity index (χ3v) is 8.69. The molecule has 15 heteroatoms. The molecule has 0 bridgehead atoms. The average Bonchev–Trinajstić information content (AvgIpc) is 3.05. The molecule has 0 spiro atoms. The Kier molecular flexibility index (Phi) is 11.1. The van der Waals surface area contributed by atoms with Crippen LogP contribution in [0.15, 0.2) is 58.4 Å². The van der Waals surface area contributed by atoms with E-state index in [0.717, 1.165) is 6.42 Å². The van der Waals surface area contributed by atoms with Crippen LogP contribution in [-0.2, 0) is 14.1 Å². The number of aromatic nitrogens is 4. The largest absolute Gasteiger partial charge is 0.488 e. The quantitative estimate of drug-likeness (QED) is 0.121. The molecule has 2 aromatic carbocycles. The van der Waals surface area contributed by atoms with Crippen LogP contribution in [0.1, 0.15) is 31.7 Å². The molecule has 0 amide bonds. The highest BCUT2D eigenvalue weighted by Crippen LogP contribution is 2.37. The summed E-state index contributed by atoms with van der Waals surface area (Å²) >= 11 is 5.97. The van der Waals surface area contributed by atoms with Gasteiger partial charge in [-0.1, -0.05) is 25.4 Å². The van der Waals surface area contributed by atoms with Crippen molar-refractivity contribution in [2.75, 3.05) is 6.61 Å². The predicted molar refractivity (Wildman–Crippen MR) is 190 cm³/mol. The molecule has 4 aromatic heterocycles. The maximum atomic E-state index is 13.0. The van der Waals surface area contributed by atoms with Crippen LogP contribution in [0.4, 0.5) is 17.6 Å². The number of nitrogens with two attached hydrogens (primary N) is 1. The maximum Gasteiger partial charge on any atom is 0.387 e. The monoisotopic (exact) mass is 729 g/mol. The van der Waals surface area contributed by atoms with Gasteiger partial charge in [-0.2, -0.15) is 17.6 Å². The minimum atomic E-state index is -3.01. The molecule has 6 rings (SSSR count). The summed E-state index contributed by atoms with van der Waals surface area (Å²) in [6.07, 6.45) is 3.88. The Bertz CT molecular complexity index is 2380. The van der Waals surface area contributed by atoms with Crippen LogP contribution < -0.4 is 31.1 Å². The second-order valence-electron chi connectivity index (χ2n) is 12.4. The first-order valence-corrected chi connectivity index (χ1v) is 16.2. The number of hydrogen-bond donors (Lipinski definition) is 1. The molecule has 0 saturated heterocycles. The summed E-state index contributed by atoms with van der Waals surface area (Å²) in [5.74, 6) is 0.278. The van der Waals surface area contributed by atoms with E-state index >= 15 is 0 Å². The molecule has 0 saturated carbocycles. The van der Waals surface area contributed by atoms with Crippen LogP contribution in [0.2, 0.25) is 5.02 Å². The molecule has 4 heterocycles. The fraction of sp³-hybridized carbons (Fsp3) is 0.333. The van der Waals surface area contributed by atoms with E-state index in [9.17, 15) is 27.2 Å². The number of nitrogens with zero attached hydrogens (tertiary/aromatic N) is 4. The van der Waals surface area contributed by atoms with Gasteiger partial charge in [0.1, 0.15) is 12.4 Å². The van der Waals surface area contributed by atoms with Crippen LogP contribution in [0.3, 0.4) is 0 Å². The van der Waals surface area contributed by atoms with Crippen molar-refractivity contribution in [1.29, 1.82) is 0 Å². The Labute approximate surface area is 294 Å². The molecule has 270 valence electrons. The molecule has 0 radical (unpaired) electrons. The van der Waals surface area contributed by atoms with Gasteiger partial charge in [-0.3, -0.25) is 19.6 Å². The van der Waals surface area contributed by atoms with E-state index in [4.69, 9.17) is 26.8 Å². The summed E-state index contributed by atoms with van der Waals surface area (Å²) < 4.78 is 68.8. The Balaban J connectivity index is 0.000000205. The number of ether oxygens (including phenoxy) is 3. The first-order chi connectivity index (χ1) is 24.1. The lowest BCUT2D eigenvalue weighted by atomic mass is 10.0. The van der Waals surface area contributed by atoms with Crippen LogP contribution in [0.5, 0.6) is 17.2 Å². The van der Waals surface area contributed by atoms with Crippen molar-refractivity contribution in [3.63, 3.8) is 0 Å². The van der Waals surface area contributed by atoms with Crippen LogP contribution in [-0.4, -0.2) is 45.0 Å². The summed E-state index contributed by atoms with van der Waals surface area (Å²) in [6, 6.07) is 9.01. The fourth-order valence-electron chi connectivity index (χ4n) is 6.11. The molecule has 10 nitrogen and oxygen atoms in total. The second kappa shape index (κ2) is 15.1. The highest BCUT2D eigenvalue weighted by Gasteiger charge is 2.20. The summed E-state index contributed by atoms with van der Waals surface area (Å²) in [6.45, 7) is 1.70. The highest BCUT2D eigenvalue weighted by molar-refractivity contribution is 6.33. The lowest BCUT2D eigenvalue weighted by Crippen LogP contribution is -2.29. The van der Waals surface area contributed by atoms with Crippen molar-refractivity contribution in [2.24, 2.45) is 25.7 Å². The van der Waals surface area contributed by atoms with Crippen molar-refractivity contribution >= 4 is 55.0 Å². The number of alkyl halides is 4. The van der Waals surface area contributed by atoms with E-state index in [2.05, 4.69) is 14.7 Å². The van der Waals surface area contributed by atoms with Crippen molar-refractivity contribution in [3.05, 3.63) is 85.9 Å². The first kappa shape index (κ1) is 37.3. The molecule has 0 aliphatic carbocycles. The Hall–Kier alpha value is -4.95. The lowest BCUT2D eigenvalue weighted by molar-refractivity contribution is -0.0516. The topological polar surface area (TPSA) is 123 Å².